The van der Waals surface area contributed by atoms with E-state index in [4.69, 9.17) is 0 Å². The van der Waals surface area contributed by atoms with Crippen molar-refractivity contribution in [3.63, 3.8) is 0 Å². The number of aromatic nitrogens is 4. The predicted molar refractivity (Wildman–Crippen MR) is 104 cm³/mol. The summed E-state index contributed by atoms with van der Waals surface area (Å²) in [6, 6.07) is 3.26. The fourth-order valence-corrected chi connectivity index (χ4v) is 4.31. The molecule has 2 aromatic heterocycles. The Morgan fingerprint density at radius 2 is 1.97 bits per heavy atom. The molecule has 0 radical (unpaired) electrons. The molecule has 1 N–H and O–H groups in total. The third kappa shape index (κ3) is 5.71. The molecule has 3 rings (SSSR count). The number of amides is 1. The molecule has 0 aromatic carbocycles. The quantitative estimate of drug-likeness (QED) is 0.704. The summed E-state index contributed by atoms with van der Waals surface area (Å²) in [6.07, 6.45) is 2.76. The van der Waals surface area contributed by atoms with Gasteiger partial charge in [-0.25, -0.2) is 0 Å². The van der Waals surface area contributed by atoms with Crippen LogP contribution in [0.5, 0.6) is 0 Å². The van der Waals surface area contributed by atoms with Crippen LogP contribution < -0.4 is 5.32 Å². The van der Waals surface area contributed by atoms with Gasteiger partial charge in [0.15, 0.2) is 11.0 Å². The van der Waals surface area contributed by atoms with E-state index in [1.54, 1.807) is 19.1 Å². The smallest absolute Gasteiger partial charge is 0.352 e. The highest BCUT2D eigenvalue weighted by atomic mass is 32.2. The van der Waals surface area contributed by atoms with Crippen molar-refractivity contribution >= 4 is 17.7 Å². The molecule has 29 heavy (non-hydrogen) atoms. The molecule has 3 unspecified atom stereocenters. The summed E-state index contributed by atoms with van der Waals surface area (Å²) < 4.78 is 40.5. The van der Waals surface area contributed by atoms with Crippen LogP contribution in [-0.2, 0) is 11.3 Å². The van der Waals surface area contributed by atoms with E-state index in [2.05, 4.69) is 27.4 Å². The Balaban J connectivity index is 1.77. The van der Waals surface area contributed by atoms with Crippen molar-refractivity contribution in [1.29, 1.82) is 0 Å². The lowest BCUT2D eigenvalue weighted by Crippen LogP contribution is -2.44. The zero-order valence-corrected chi connectivity index (χ0v) is 17.1. The van der Waals surface area contributed by atoms with Gasteiger partial charge in [-0.15, -0.1) is 10.2 Å². The van der Waals surface area contributed by atoms with Crippen molar-refractivity contribution in [2.75, 3.05) is 0 Å². The second-order valence-electron chi connectivity index (χ2n) is 7.38. The molecule has 2 aromatic rings. The number of nitrogens with zero attached hydrogens (tertiary/aromatic N) is 4. The zero-order valence-electron chi connectivity index (χ0n) is 16.3. The second kappa shape index (κ2) is 9.15. The lowest BCUT2D eigenvalue weighted by molar-refractivity contribution is -0.141. The number of nitrogens with one attached hydrogen (secondary N) is 1. The van der Waals surface area contributed by atoms with Gasteiger partial charge in [-0.05, 0) is 37.8 Å². The van der Waals surface area contributed by atoms with Crippen molar-refractivity contribution in [2.45, 2.75) is 68.7 Å². The zero-order chi connectivity index (χ0) is 21.0. The highest BCUT2D eigenvalue weighted by Gasteiger charge is 2.33. The number of halogens is 3. The van der Waals surface area contributed by atoms with Gasteiger partial charge in [0.2, 0.25) is 5.91 Å². The summed E-state index contributed by atoms with van der Waals surface area (Å²) in [5.41, 5.74) is 0.483. The molecule has 3 atom stereocenters. The lowest BCUT2D eigenvalue weighted by Gasteiger charge is -2.30. The van der Waals surface area contributed by atoms with Crippen LogP contribution in [-0.4, -0.2) is 43.1 Å². The predicted octanol–water partition coefficient (Wildman–Crippen LogP) is 4.08. The number of carbonyl (C=O) groups excluding carboxylic acids is 1. The average Bonchev–Trinajstić information content (AvgIpc) is 3.04. The van der Waals surface area contributed by atoms with Gasteiger partial charge in [0.25, 0.3) is 0 Å². The lowest BCUT2D eigenvalue weighted by atomic mass is 9.86. The van der Waals surface area contributed by atoms with Gasteiger partial charge in [-0.1, -0.05) is 31.5 Å². The normalized spacial score (nSPS) is 21.0. The van der Waals surface area contributed by atoms with Crippen LogP contribution in [0.2, 0.25) is 0 Å². The van der Waals surface area contributed by atoms with Crippen LogP contribution in [0.25, 0.3) is 11.4 Å². The van der Waals surface area contributed by atoms with E-state index in [9.17, 15) is 18.0 Å². The van der Waals surface area contributed by atoms with Gasteiger partial charge in [0.05, 0.1) is 5.25 Å². The Morgan fingerprint density at radius 1 is 1.28 bits per heavy atom. The average molecular weight is 427 g/mol. The van der Waals surface area contributed by atoms with E-state index in [1.807, 2.05) is 0 Å². The Hall–Kier alpha value is -2.10. The Kier molecular flexibility index (Phi) is 6.81. The van der Waals surface area contributed by atoms with E-state index < -0.39 is 18.0 Å². The van der Waals surface area contributed by atoms with Crippen molar-refractivity contribution < 1.29 is 18.0 Å². The van der Waals surface area contributed by atoms with Gasteiger partial charge in [-0.3, -0.25) is 14.3 Å². The van der Waals surface area contributed by atoms with Gasteiger partial charge >= 0.3 is 6.18 Å². The van der Waals surface area contributed by atoms with Crippen LogP contribution in [0.15, 0.2) is 29.7 Å². The summed E-state index contributed by atoms with van der Waals surface area (Å²) in [5, 5.41) is 10.4. The molecule has 0 spiro atoms. The molecule has 1 amide bonds. The Morgan fingerprint density at radius 3 is 2.62 bits per heavy atom. The summed E-state index contributed by atoms with van der Waals surface area (Å²) >= 11 is 0.986. The molecule has 1 fully saturated rings. The number of hydrogen-bond donors (Lipinski definition) is 1. The molecule has 1 aliphatic rings. The molecule has 158 valence electrons. The highest BCUT2D eigenvalue weighted by molar-refractivity contribution is 8.00. The van der Waals surface area contributed by atoms with Crippen LogP contribution in [0.4, 0.5) is 13.2 Å². The molecule has 2 heterocycles. The van der Waals surface area contributed by atoms with Gasteiger partial charge < -0.3 is 5.32 Å². The number of thioether (sulfide) groups is 1. The first-order chi connectivity index (χ1) is 13.7. The van der Waals surface area contributed by atoms with Crippen molar-refractivity contribution in [3.8, 4) is 11.4 Å². The van der Waals surface area contributed by atoms with E-state index in [-0.39, 0.29) is 22.9 Å². The molecule has 1 aliphatic carbocycles. The summed E-state index contributed by atoms with van der Waals surface area (Å²) in [5.74, 6) is 0.304. The van der Waals surface area contributed by atoms with Gasteiger partial charge in [-0.2, -0.15) is 13.2 Å². The van der Waals surface area contributed by atoms with E-state index >= 15 is 0 Å². The summed E-state index contributed by atoms with van der Waals surface area (Å²) in [4.78, 5) is 16.5. The first-order valence-corrected chi connectivity index (χ1v) is 10.5. The van der Waals surface area contributed by atoms with Crippen molar-refractivity contribution in [1.82, 2.24) is 25.1 Å². The second-order valence-corrected chi connectivity index (χ2v) is 8.69. The fourth-order valence-electron chi connectivity index (χ4n) is 3.45. The maximum absolute atomic E-state index is 13.2. The molecule has 0 saturated heterocycles. The summed E-state index contributed by atoms with van der Waals surface area (Å²) in [7, 11) is 0. The van der Waals surface area contributed by atoms with E-state index in [0.29, 0.717) is 11.5 Å². The van der Waals surface area contributed by atoms with Gasteiger partial charge in [0, 0.05) is 24.0 Å². The first-order valence-electron chi connectivity index (χ1n) is 9.62. The van der Waals surface area contributed by atoms with Gasteiger partial charge in [0.1, 0.15) is 6.54 Å². The third-order valence-electron chi connectivity index (χ3n) is 5.08. The number of alkyl halides is 3. The fraction of sp³-hybridized carbons (Fsp3) is 0.579. The van der Waals surface area contributed by atoms with Crippen LogP contribution in [0.1, 0.15) is 39.5 Å². The van der Waals surface area contributed by atoms with E-state index in [1.165, 1.54) is 12.4 Å². The minimum atomic E-state index is -4.44. The summed E-state index contributed by atoms with van der Waals surface area (Å²) in [6.45, 7) is 2.56. The number of rotatable bonds is 6. The maximum Gasteiger partial charge on any atom is 0.406 e. The van der Waals surface area contributed by atoms with Crippen molar-refractivity contribution in [3.05, 3.63) is 24.5 Å². The van der Waals surface area contributed by atoms with Crippen LogP contribution in [0, 0.1) is 5.92 Å². The van der Waals surface area contributed by atoms with Crippen molar-refractivity contribution in [2.24, 2.45) is 5.92 Å². The number of hydrogen-bond acceptors (Lipinski definition) is 5. The SMILES string of the molecule is CC(Sc1nnc(-c2ccncc2)n1CC(F)(F)F)C(=O)NC1CCCCC1C. The number of pyridine rings is 1. The van der Waals surface area contributed by atoms with E-state index in [0.717, 1.165) is 42.0 Å². The number of carbonyl (C=O) groups is 1. The molecular formula is C19H24F3N5OS. The molecule has 1 saturated carbocycles. The molecular weight excluding hydrogens is 403 g/mol. The minimum Gasteiger partial charge on any atom is -0.352 e. The third-order valence-corrected chi connectivity index (χ3v) is 6.16. The minimum absolute atomic E-state index is 0.0634. The standard InChI is InChI=1S/C19H24F3N5OS/c1-12-5-3-4-6-15(12)24-17(28)13(2)29-18-26-25-16(14-7-9-23-10-8-14)27(18)11-19(20,21)22/h7-10,12-13,15H,3-6,11H2,1-2H3,(H,24,28). The monoisotopic (exact) mass is 427 g/mol. The van der Waals surface area contributed by atoms with Crippen LogP contribution >= 0.6 is 11.8 Å². The topological polar surface area (TPSA) is 72.7 Å². The maximum atomic E-state index is 13.2. The molecule has 0 aliphatic heterocycles. The Bertz CT molecular complexity index is 827. The molecule has 6 nitrogen and oxygen atoms in total. The molecule has 0 bridgehead atoms. The largest absolute Gasteiger partial charge is 0.406 e. The Labute approximate surface area is 171 Å². The van der Waals surface area contributed by atoms with Crippen LogP contribution in [0.3, 0.4) is 0 Å². The highest BCUT2D eigenvalue weighted by Crippen LogP contribution is 2.31. The molecule has 10 heteroatoms. The first kappa shape index (κ1) is 21.6.